The summed E-state index contributed by atoms with van der Waals surface area (Å²) < 4.78 is 5.41. The van der Waals surface area contributed by atoms with E-state index in [9.17, 15) is 0 Å². The van der Waals surface area contributed by atoms with Crippen molar-refractivity contribution < 1.29 is 4.74 Å². The molecule has 0 aromatic heterocycles. The smallest absolute Gasteiger partial charge is 0.183 e. The number of unbranched alkanes of at least 4 members (excludes halogenated alkanes) is 9. The van der Waals surface area contributed by atoms with Gasteiger partial charge in [-0.2, -0.15) is 0 Å². The van der Waals surface area contributed by atoms with Gasteiger partial charge in [0.25, 0.3) is 0 Å². The van der Waals surface area contributed by atoms with Gasteiger partial charge in [0.1, 0.15) is 6.61 Å². The molecule has 22 heavy (non-hydrogen) atoms. The van der Waals surface area contributed by atoms with E-state index in [0.717, 1.165) is 25.5 Å². The molecule has 0 unspecified atom stereocenters. The standard InChI is InChI=1S/C20H35NO/c1-2-3-4-5-6-7-8-9-10-11-12-13-14-15-16-17-20-21-18-19-22-20/h6-9H,2-5,10-19H2,1H3. The summed E-state index contributed by atoms with van der Waals surface area (Å²) in [5.41, 5.74) is 0. The van der Waals surface area contributed by atoms with Crippen LogP contribution in [0.25, 0.3) is 0 Å². The number of aliphatic imine (C=N–C) groups is 1. The van der Waals surface area contributed by atoms with Crippen LogP contribution in [-0.4, -0.2) is 19.0 Å². The van der Waals surface area contributed by atoms with Crippen LogP contribution >= 0.6 is 0 Å². The summed E-state index contributed by atoms with van der Waals surface area (Å²) in [6.45, 7) is 3.93. The van der Waals surface area contributed by atoms with Crippen LogP contribution in [0.15, 0.2) is 29.3 Å². The maximum Gasteiger partial charge on any atom is 0.183 e. The summed E-state index contributed by atoms with van der Waals surface area (Å²) in [5.74, 6) is 0.993. The maximum atomic E-state index is 5.41. The van der Waals surface area contributed by atoms with Crippen molar-refractivity contribution in [1.82, 2.24) is 0 Å². The van der Waals surface area contributed by atoms with E-state index in [4.69, 9.17) is 4.74 Å². The van der Waals surface area contributed by atoms with E-state index in [0.29, 0.717) is 0 Å². The highest BCUT2D eigenvalue weighted by atomic mass is 16.5. The molecule has 0 saturated heterocycles. The molecule has 0 atom stereocenters. The fraction of sp³-hybridized carbons (Fsp3) is 0.750. The molecule has 1 aliphatic heterocycles. The molecule has 0 fully saturated rings. The topological polar surface area (TPSA) is 21.6 Å². The highest BCUT2D eigenvalue weighted by Crippen LogP contribution is 2.11. The molecule has 0 spiro atoms. The zero-order valence-electron chi connectivity index (χ0n) is 14.6. The first-order valence-electron chi connectivity index (χ1n) is 9.41. The van der Waals surface area contributed by atoms with Gasteiger partial charge in [-0.15, -0.1) is 0 Å². The summed E-state index contributed by atoms with van der Waals surface area (Å²) in [6.07, 6.45) is 24.5. The molecule has 0 N–H and O–H groups in total. The molecular weight excluding hydrogens is 270 g/mol. The Bertz CT molecular complexity index is 331. The fourth-order valence-electron chi connectivity index (χ4n) is 2.64. The molecule has 0 saturated carbocycles. The van der Waals surface area contributed by atoms with Crippen LogP contribution in [0, 0.1) is 0 Å². The van der Waals surface area contributed by atoms with Gasteiger partial charge in [0.2, 0.25) is 0 Å². The highest BCUT2D eigenvalue weighted by Gasteiger charge is 2.05. The number of hydrogen-bond donors (Lipinski definition) is 0. The minimum atomic E-state index is 0.802. The number of allylic oxidation sites excluding steroid dienone is 4. The van der Waals surface area contributed by atoms with Crippen LogP contribution in [0.1, 0.15) is 84.0 Å². The second-order valence-corrected chi connectivity index (χ2v) is 6.14. The first kappa shape index (κ1) is 19.0. The van der Waals surface area contributed by atoms with E-state index in [1.165, 1.54) is 70.6 Å². The number of hydrogen-bond acceptors (Lipinski definition) is 2. The second kappa shape index (κ2) is 14.9. The van der Waals surface area contributed by atoms with Crippen molar-refractivity contribution >= 4 is 5.90 Å². The normalized spacial score (nSPS) is 14.9. The van der Waals surface area contributed by atoms with Crippen LogP contribution in [0.2, 0.25) is 0 Å². The minimum Gasteiger partial charge on any atom is -0.479 e. The Morgan fingerprint density at radius 1 is 0.864 bits per heavy atom. The molecule has 0 bridgehead atoms. The second-order valence-electron chi connectivity index (χ2n) is 6.14. The number of nitrogens with zero attached hydrogens (tertiary/aromatic N) is 1. The Hall–Kier alpha value is -1.05. The minimum absolute atomic E-state index is 0.802. The maximum absolute atomic E-state index is 5.41. The number of ether oxygens (including phenoxy) is 1. The fourth-order valence-corrected chi connectivity index (χ4v) is 2.64. The number of rotatable bonds is 14. The average Bonchev–Trinajstić information content (AvgIpc) is 3.04. The summed E-state index contributed by atoms with van der Waals surface area (Å²) in [5, 5.41) is 0. The molecule has 0 aromatic carbocycles. The molecule has 1 heterocycles. The van der Waals surface area contributed by atoms with Gasteiger partial charge in [-0.1, -0.05) is 69.8 Å². The quantitative estimate of drug-likeness (QED) is 0.275. The van der Waals surface area contributed by atoms with E-state index in [2.05, 4.69) is 36.2 Å². The molecule has 1 rings (SSSR count). The van der Waals surface area contributed by atoms with Crippen molar-refractivity contribution in [2.24, 2.45) is 4.99 Å². The Morgan fingerprint density at radius 3 is 2.14 bits per heavy atom. The molecule has 2 nitrogen and oxygen atoms in total. The van der Waals surface area contributed by atoms with Gasteiger partial charge in [-0.3, -0.25) is 4.99 Å². The third-order valence-electron chi connectivity index (χ3n) is 4.02. The highest BCUT2D eigenvalue weighted by molar-refractivity contribution is 5.77. The van der Waals surface area contributed by atoms with Crippen molar-refractivity contribution in [2.45, 2.75) is 84.0 Å². The predicted octanol–water partition coefficient (Wildman–Crippen LogP) is 6.23. The van der Waals surface area contributed by atoms with E-state index in [1.807, 2.05) is 0 Å². The van der Waals surface area contributed by atoms with E-state index in [-0.39, 0.29) is 0 Å². The van der Waals surface area contributed by atoms with Crippen LogP contribution in [0.5, 0.6) is 0 Å². The van der Waals surface area contributed by atoms with Gasteiger partial charge in [0.15, 0.2) is 5.90 Å². The van der Waals surface area contributed by atoms with Crippen molar-refractivity contribution in [1.29, 1.82) is 0 Å². The lowest BCUT2D eigenvalue weighted by Crippen LogP contribution is -1.98. The SMILES string of the molecule is CCCCCC=CC=CCCCCCCCCC1=NCCO1. The van der Waals surface area contributed by atoms with E-state index in [1.54, 1.807) is 0 Å². The monoisotopic (exact) mass is 305 g/mol. The van der Waals surface area contributed by atoms with Crippen molar-refractivity contribution in [3.05, 3.63) is 24.3 Å². The molecule has 0 aliphatic carbocycles. The van der Waals surface area contributed by atoms with Crippen molar-refractivity contribution in [2.75, 3.05) is 13.2 Å². The molecule has 0 amide bonds. The van der Waals surface area contributed by atoms with Crippen molar-refractivity contribution in [3.63, 3.8) is 0 Å². The van der Waals surface area contributed by atoms with Gasteiger partial charge >= 0.3 is 0 Å². The van der Waals surface area contributed by atoms with Crippen LogP contribution < -0.4 is 0 Å². The summed E-state index contributed by atoms with van der Waals surface area (Å²) in [4.78, 5) is 4.32. The zero-order chi connectivity index (χ0) is 15.7. The average molecular weight is 306 g/mol. The lowest BCUT2D eigenvalue weighted by Gasteiger charge is -2.02. The summed E-state index contributed by atoms with van der Waals surface area (Å²) in [7, 11) is 0. The van der Waals surface area contributed by atoms with Gasteiger partial charge in [-0.05, 0) is 32.1 Å². The Labute approximate surface area is 137 Å². The van der Waals surface area contributed by atoms with Crippen LogP contribution in [0.4, 0.5) is 0 Å². The Morgan fingerprint density at radius 2 is 1.50 bits per heavy atom. The molecule has 126 valence electrons. The van der Waals surface area contributed by atoms with Crippen molar-refractivity contribution in [3.8, 4) is 0 Å². The van der Waals surface area contributed by atoms with E-state index < -0.39 is 0 Å². The molecular formula is C20H35NO. The van der Waals surface area contributed by atoms with Gasteiger partial charge in [0, 0.05) is 6.42 Å². The zero-order valence-corrected chi connectivity index (χ0v) is 14.6. The van der Waals surface area contributed by atoms with Crippen LogP contribution in [-0.2, 0) is 4.74 Å². The summed E-state index contributed by atoms with van der Waals surface area (Å²) in [6, 6.07) is 0. The summed E-state index contributed by atoms with van der Waals surface area (Å²) >= 11 is 0. The third-order valence-corrected chi connectivity index (χ3v) is 4.02. The molecule has 2 heteroatoms. The first-order chi connectivity index (χ1) is 10.9. The molecule has 0 radical (unpaired) electrons. The Balaban J connectivity index is 1.77. The molecule has 1 aliphatic rings. The Kier molecular flexibility index (Phi) is 12.8. The lowest BCUT2D eigenvalue weighted by atomic mass is 10.1. The van der Waals surface area contributed by atoms with Gasteiger partial charge in [0.05, 0.1) is 6.54 Å². The van der Waals surface area contributed by atoms with Crippen LogP contribution in [0.3, 0.4) is 0 Å². The van der Waals surface area contributed by atoms with E-state index >= 15 is 0 Å². The van der Waals surface area contributed by atoms with Gasteiger partial charge in [-0.25, -0.2) is 0 Å². The third kappa shape index (κ3) is 11.6. The largest absolute Gasteiger partial charge is 0.479 e. The van der Waals surface area contributed by atoms with Gasteiger partial charge < -0.3 is 4.74 Å². The first-order valence-corrected chi connectivity index (χ1v) is 9.41. The predicted molar refractivity (Wildman–Crippen MR) is 97.6 cm³/mol. The lowest BCUT2D eigenvalue weighted by molar-refractivity contribution is 0.336. The molecule has 0 aromatic rings.